The molecule has 2 aromatic carbocycles. The Kier molecular flexibility index (Phi) is 7.87. The van der Waals surface area contributed by atoms with Crippen LogP contribution in [0.15, 0.2) is 48.5 Å². The van der Waals surface area contributed by atoms with Crippen molar-refractivity contribution in [2.24, 2.45) is 5.92 Å². The van der Waals surface area contributed by atoms with Gasteiger partial charge in [0.2, 0.25) is 20.2 Å². The van der Waals surface area contributed by atoms with Gasteiger partial charge in [0.25, 0.3) is 5.91 Å². The normalized spacial score (nSPS) is 26.2. The number of rotatable bonds is 8. The van der Waals surface area contributed by atoms with Gasteiger partial charge in [0.1, 0.15) is 0 Å². The van der Waals surface area contributed by atoms with Crippen LogP contribution in [0.4, 0.5) is 15.5 Å². The third kappa shape index (κ3) is 5.08. The van der Waals surface area contributed by atoms with E-state index in [1.54, 1.807) is 29.0 Å². The number of nitrogens with one attached hydrogen (secondary N) is 1. The Hall–Kier alpha value is -3.08. The number of benzene rings is 2. The lowest BCUT2D eigenvalue weighted by Gasteiger charge is -2.31. The van der Waals surface area contributed by atoms with Crippen LogP contribution < -0.4 is 10.2 Å². The van der Waals surface area contributed by atoms with E-state index in [4.69, 9.17) is 4.74 Å². The van der Waals surface area contributed by atoms with Gasteiger partial charge in [0, 0.05) is 54.5 Å². The van der Waals surface area contributed by atoms with Crippen molar-refractivity contribution in [2.45, 2.75) is 69.5 Å². The standard InChI is InChI=1S/C30H38FN3O5Si/c1-20-28(40(2,3)31)25(18-27(37)33(15-16-35)19-21-9-5-4-6-10-21)39-30(20)23-17-22(12-13-24(23)32-29(30)38)34-14-8-7-11-26(34)36/h4-6,9-10,12-13,17,20,25,28,35H,7-8,11,14-16,18-19H2,1-3H3,(H,32,38)/t20-,25+,28-,30+/m1/s1. The van der Waals surface area contributed by atoms with E-state index in [9.17, 15) is 19.5 Å². The molecule has 0 aromatic heterocycles. The number of carbonyl (C=O) groups excluding carboxylic acids is 3. The van der Waals surface area contributed by atoms with Gasteiger partial charge in [-0.15, -0.1) is 0 Å². The molecule has 3 amide bonds. The first-order valence-electron chi connectivity index (χ1n) is 14.1. The molecule has 5 rings (SSSR count). The monoisotopic (exact) mass is 567 g/mol. The molecule has 2 saturated heterocycles. The lowest BCUT2D eigenvalue weighted by Crippen LogP contribution is -2.42. The highest BCUT2D eigenvalue weighted by Gasteiger charge is 2.65. The van der Waals surface area contributed by atoms with Gasteiger partial charge in [0.15, 0.2) is 5.60 Å². The summed E-state index contributed by atoms with van der Waals surface area (Å²) in [5.74, 6) is -1.13. The Morgan fingerprint density at radius 3 is 2.62 bits per heavy atom. The average molecular weight is 568 g/mol. The molecule has 2 aromatic rings. The molecule has 3 heterocycles. The molecule has 3 aliphatic heterocycles. The third-order valence-electron chi connectivity index (χ3n) is 8.65. The van der Waals surface area contributed by atoms with E-state index in [0.717, 1.165) is 18.4 Å². The molecule has 2 fully saturated rings. The smallest absolute Gasteiger partial charge is 0.261 e. The van der Waals surface area contributed by atoms with Crippen LogP contribution in [-0.4, -0.2) is 61.9 Å². The molecule has 214 valence electrons. The van der Waals surface area contributed by atoms with Crippen LogP contribution in [0.5, 0.6) is 0 Å². The highest BCUT2D eigenvalue weighted by atomic mass is 28.4. The summed E-state index contributed by atoms with van der Waals surface area (Å²) in [5.41, 5.74) is 0.705. The van der Waals surface area contributed by atoms with E-state index in [0.29, 0.717) is 36.4 Å². The maximum Gasteiger partial charge on any atom is 0.261 e. The Morgan fingerprint density at radius 2 is 1.95 bits per heavy atom. The van der Waals surface area contributed by atoms with E-state index in [1.807, 2.05) is 49.4 Å². The first-order valence-corrected chi connectivity index (χ1v) is 17.1. The van der Waals surface area contributed by atoms with Crippen LogP contribution in [0.2, 0.25) is 18.6 Å². The number of anilines is 2. The van der Waals surface area contributed by atoms with E-state index < -0.39 is 31.6 Å². The van der Waals surface area contributed by atoms with Gasteiger partial charge in [-0.1, -0.05) is 37.3 Å². The number of piperidine rings is 1. The van der Waals surface area contributed by atoms with Crippen LogP contribution in [-0.2, 0) is 31.3 Å². The number of fused-ring (bicyclic) bond motifs is 2. The van der Waals surface area contributed by atoms with Crippen LogP contribution >= 0.6 is 0 Å². The van der Waals surface area contributed by atoms with Crippen molar-refractivity contribution in [2.75, 3.05) is 29.9 Å². The summed E-state index contributed by atoms with van der Waals surface area (Å²) in [5, 5.41) is 12.6. The first-order chi connectivity index (χ1) is 19.1. The van der Waals surface area contributed by atoms with E-state index >= 15 is 4.11 Å². The summed E-state index contributed by atoms with van der Waals surface area (Å²) in [4.78, 5) is 43.2. The van der Waals surface area contributed by atoms with Gasteiger partial charge >= 0.3 is 0 Å². The second-order valence-corrected chi connectivity index (χ2v) is 15.5. The van der Waals surface area contributed by atoms with Gasteiger partial charge in [-0.05, 0) is 49.7 Å². The molecule has 0 bridgehead atoms. The SMILES string of the molecule is C[C@@H]1[C@@H]([Si](C)(C)F)[C@H](CC(=O)N(CCO)Cc2ccccc2)O[C@@]12C(=O)Nc1ccc(N3CCCCC3=O)cc12. The van der Waals surface area contributed by atoms with Crippen molar-refractivity contribution in [1.29, 1.82) is 0 Å². The van der Waals surface area contributed by atoms with Crippen LogP contribution in [0.3, 0.4) is 0 Å². The van der Waals surface area contributed by atoms with Crippen molar-refractivity contribution in [3.05, 3.63) is 59.7 Å². The maximum absolute atomic E-state index is 16.0. The van der Waals surface area contributed by atoms with Gasteiger partial charge in [-0.3, -0.25) is 14.4 Å². The fourth-order valence-electron chi connectivity index (χ4n) is 6.82. The predicted octanol–water partition coefficient (Wildman–Crippen LogP) is 4.34. The molecule has 1 spiro atoms. The summed E-state index contributed by atoms with van der Waals surface area (Å²) in [7, 11) is -3.44. The highest BCUT2D eigenvalue weighted by molar-refractivity contribution is 6.72. The van der Waals surface area contributed by atoms with Gasteiger partial charge in [-0.25, -0.2) is 0 Å². The summed E-state index contributed by atoms with van der Waals surface area (Å²) in [6.45, 7) is 5.89. The molecular weight excluding hydrogens is 529 g/mol. The molecule has 4 atom stereocenters. The number of ether oxygens (including phenoxy) is 1. The summed E-state index contributed by atoms with van der Waals surface area (Å²) in [6.07, 6.45) is 1.32. The van der Waals surface area contributed by atoms with Crippen molar-refractivity contribution >= 4 is 37.5 Å². The van der Waals surface area contributed by atoms with Crippen molar-refractivity contribution in [3.8, 4) is 0 Å². The number of nitrogens with zero attached hydrogens (tertiary/aromatic N) is 2. The largest absolute Gasteiger partial charge is 0.395 e. The number of hydrogen-bond donors (Lipinski definition) is 2. The van der Waals surface area contributed by atoms with E-state index in [1.165, 1.54) is 0 Å². The number of hydrogen-bond acceptors (Lipinski definition) is 5. The van der Waals surface area contributed by atoms with E-state index in [2.05, 4.69) is 5.32 Å². The molecule has 0 radical (unpaired) electrons. The number of halogens is 1. The summed E-state index contributed by atoms with van der Waals surface area (Å²) < 4.78 is 22.6. The molecule has 0 saturated carbocycles. The van der Waals surface area contributed by atoms with Crippen molar-refractivity contribution in [1.82, 2.24) is 4.90 Å². The topological polar surface area (TPSA) is 99.2 Å². The fraction of sp³-hybridized carbons (Fsp3) is 0.500. The van der Waals surface area contributed by atoms with Crippen molar-refractivity contribution < 1.29 is 28.3 Å². The molecule has 10 heteroatoms. The maximum atomic E-state index is 16.0. The summed E-state index contributed by atoms with van der Waals surface area (Å²) in [6, 6.07) is 14.9. The molecular formula is C30H38FN3O5Si. The Bertz CT molecular complexity index is 1290. The zero-order valence-corrected chi connectivity index (χ0v) is 24.4. The van der Waals surface area contributed by atoms with Gasteiger partial charge in [0.05, 0.1) is 19.1 Å². The van der Waals surface area contributed by atoms with Crippen LogP contribution in [0.25, 0.3) is 0 Å². The zero-order chi connectivity index (χ0) is 28.7. The zero-order valence-electron chi connectivity index (χ0n) is 23.4. The summed E-state index contributed by atoms with van der Waals surface area (Å²) >= 11 is 0. The minimum absolute atomic E-state index is 0.0407. The van der Waals surface area contributed by atoms with E-state index in [-0.39, 0.29) is 37.3 Å². The number of aliphatic hydroxyl groups excluding tert-OH is 1. The molecule has 40 heavy (non-hydrogen) atoms. The molecule has 8 nitrogen and oxygen atoms in total. The fourth-order valence-corrected chi connectivity index (χ4v) is 9.31. The lowest BCUT2D eigenvalue weighted by molar-refractivity contribution is -0.148. The number of carbonyl (C=O) groups is 3. The van der Waals surface area contributed by atoms with Crippen LogP contribution in [0.1, 0.15) is 43.7 Å². The van der Waals surface area contributed by atoms with Gasteiger partial charge in [-0.2, -0.15) is 0 Å². The second-order valence-electron chi connectivity index (χ2n) is 11.7. The Labute approximate surface area is 235 Å². The van der Waals surface area contributed by atoms with Crippen LogP contribution in [0, 0.1) is 5.92 Å². The minimum Gasteiger partial charge on any atom is -0.395 e. The molecule has 2 N–H and O–H groups in total. The number of aliphatic hydroxyl groups is 1. The third-order valence-corrected chi connectivity index (χ3v) is 11.1. The second kappa shape index (κ2) is 11.1. The van der Waals surface area contributed by atoms with Gasteiger partial charge < -0.3 is 29.1 Å². The first kappa shape index (κ1) is 28.4. The van der Waals surface area contributed by atoms with Crippen molar-refractivity contribution in [3.63, 3.8) is 0 Å². The Morgan fingerprint density at radius 1 is 1.20 bits per heavy atom. The average Bonchev–Trinajstić information content (AvgIpc) is 3.37. The minimum atomic E-state index is -3.44. The number of amides is 3. The Balaban J connectivity index is 1.47. The highest BCUT2D eigenvalue weighted by Crippen LogP contribution is 2.59. The molecule has 0 aliphatic carbocycles. The molecule has 3 aliphatic rings. The predicted molar refractivity (Wildman–Crippen MR) is 153 cm³/mol. The molecule has 0 unspecified atom stereocenters. The quantitative estimate of drug-likeness (QED) is 0.365. The lowest BCUT2D eigenvalue weighted by atomic mass is 9.82.